The summed E-state index contributed by atoms with van der Waals surface area (Å²) < 4.78 is 12.7. The highest BCUT2D eigenvalue weighted by molar-refractivity contribution is 5.78. The molecule has 1 aliphatic heterocycles. The van der Waals surface area contributed by atoms with E-state index in [0.717, 1.165) is 16.7 Å². The molecular weight excluding hydrogens is 420 g/mol. The van der Waals surface area contributed by atoms with Gasteiger partial charge in [-0.1, -0.05) is 115 Å². The van der Waals surface area contributed by atoms with E-state index >= 15 is 0 Å². The maximum Gasteiger partial charge on any atom is 0.312 e. The molecule has 3 nitrogen and oxygen atoms in total. The van der Waals surface area contributed by atoms with Gasteiger partial charge in [-0.2, -0.15) is 0 Å². The lowest BCUT2D eigenvalue weighted by atomic mass is 9.80. The van der Waals surface area contributed by atoms with Crippen LogP contribution in [0.3, 0.4) is 0 Å². The second-order valence-electron chi connectivity index (χ2n) is 9.04. The molecule has 4 rings (SSSR count). The summed E-state index contributed by atoms with van der Waals surface area (Å²) in [5.41, 5.74) is 1.75. The molecule has 0 spiro atoms. The van der Waals surface area contributed by atoms with Crippen molar-refractivity contribution in [3.05, 3.63) is 132 Å². The summed E-state index contributed by atoms with van der Waals surface area (Å²) in [5, 5.41) is 0. The number of carbonyl (C=O) groups excluding carboxylic acids is 1. The van der Waals surface area contributed by atoms with Crippen LogP contribution in [0.2, 0.25) is 0 Å². The molecule has 1 saturated heterocycles. The summed E-state index contributed by atoms with van der Waals surface area (Å²) >= 11 is 0. The normalized spacial score (nSPS) is 20.8. The van der Waals surface area contributed by atoms with Crippen LogP contribution in [-0.4, -0.2) is 18.7 Å². The van der Waals surface area contributed by atoms with E-state index in [2.05, 4.69) is 36.4 Å². The van der Waals surface area contributed by atoms with Gasteiger partial charge in [-0.15, -0.1) is 0 Å². The molecule has 0 unspecified atom stereocenters. The molecule has 0 N–H and O–H groups in total. The van der Waals surface area contributed by atoms with Crippen LogP contribution in [0.5, 0.6) is 0 Å². The zero-order chi connectivity index (χ0) is 23.9. The lowest BCUT2D eigenvalue weighted by molar-refractivity contribution is -0.151. The smallest absolute Gasteiger partial charge is 0.312 e. The fourth-order valence-corrected chi connectivity index (χ4v) is 4.69. The molecule has 34 heavy (non-hydrogen) atoms. The van der Waals surface area contributed by atoms with E-state index in [1.165, 1.54) is 0 Å². The molecule has 3 heteroatoms. The number of ether oxygens (including phenoxy) is 2. The molecule has 0 radical (unpaired) electrons. The fourth-order valence-electron chi connectivity index (χ4n) is 4.69. The number of hydrogen-bond donors (Lipinski definition) is 0. The first-order chi connectivity index (χ1) is 16.6. The first-order valence-electron chi connectivity index (χ1n) is 11.9. The monoisotopic (exact) mass is 452 g/mol. The summed E-state index contributed by atoms with van der Waals surface area (Å²) in [6, 6.07) is 30.8. The van der Waals surface area contributed by atoms with Crippen LogP contribution in [0.25, 0.3) is 0 Å². The summed E-state index contributed by atoms with van der Waals surface area (Å²) in [7, 11) is 0. The second-order valence-corrected chi connectivity index (χ2v) is 9.04. The van der Waals surface area contributed by atoms with Gasteiger partial charge in [0.25, 0.3) is 0 Å². The van der Waals surface area contributed by atoms with Crippen LogP contribution in [0, 0.1) is 5.41 Å². The minimum absolute atomic E-state index is 0.157. The van der Waals surface area contributed by atoms with Crippen molar-refractivity contribution < 1.29 is 14.3 Å². The van der Waals surface area contributed by atoms with Gasteiger partial charge in [0.1, 0.15) is 11.7 Å². The highest BCUT2D eigenvalue weighted by Gasteiger charge is 2.46. The van der Waals surface area contributed by atoms with Crippen LogP contribution in [-0.2, 0) is 19.9 Å². The van der Waals surface area contributed by atoms with E-state index < -0.39 is 11.0 Å². The van der Waals surface area contributed by atoms with Crippen molar-refractivity contribution in [2.24, 2.45) is 5.41 Å². The van der Waals surface area contributed by atoms with Crippen molar-refractivity contribution in [1.82, 2.24) is 0 Å². The number of benzene rings is 3. The van der Waals surface area contributed by atoms with Gasteiger partial charge < -0.3 is 9.47 Å². The Morgan fingerprint density at radius 2 is 1.38 bits per heavy atom. The molecule has 1 aliphatic rings. The molecule has 2 atom stereocenters. The number of esters is 1. The maximum atomic E-state index is 12.8. The molecule has 0 aliphatic carbocycles. The standard InChI is InChI=1S/C31H32O3/c1-3-4-5-15-22-30(2)23-28(34-29(30)32)24-33-31(25-16-9-6-10-17-25,26-18-11-7-12-19-26)27-20-13-8-14-21-27/h3-21,28H,22-24H2,1-2H3/b4-3+,15-5+/t28-,30-/m0/s1. The SMILES string of the molecule is C/C=C/C=C/C[C@@]1(C)C[C@@H](COC(c2ccccc2)(c2ccccc2)c2ccccc2)OC1=O. The van der Waals surface area contributed by atoms with Crippen LogP contribution in [0.15, 0.2) is 115 Å². The van der Waals surface area contributed by atoms with E-state index in [-0.39, 0.29) is 12.1 Å². The van der Waals surface area contributed by atoms with Crippen molar-refractivity contribution in [3.63, 3.8) is 0 Å². The molecular formula is C31H32O3. The molecule has 0 saturated carbocycles. The zero-order valence-electron chi connectivity index (χ0n) is 19.9. The highest BCUT2D eigenvalue weighted by atomic mass is 16.6. The number of rotatable bonds is 9. The second kappa shape index (κ2) is 10.7. The van der Waals surface area contributed by atoms with Crippen molar-refractivity contribution >= 4 is 5.97 Å². The molecule has 3 aromatic carbocycles. The van der Waals surface area contributed by atoms with Crippen LogP contribution in [0.1, 0.15) is 43.4 Å². The predicted molar refractivity (Wildman–Crippen MR) is 136 cm³/mol. The topological polar surface area (TPSA) is 35.5 Å². The van der Waals surface area contributed by atoms with Crippen LogP contribution >= 0.6 is 0 Å². The Labute approximate surface area is 202 Å². The number of cyclic esters (lactones) is 1. The molecule has 1 heterocycles. The van der Waals surface area contributed by atoms with Gasteiger partial charge in [-0.3, -0.25) is 4.79 Å². The third-order valence-corrected chi connectivity index (χ3v) is 6.48. The van der Waals surface area contributed by atoms with Crippen LogP contribution in [0.4, 0.5) is 0 Å². The molecule has 174 valence electrons. The van der Waals surface area contributed by atoms with Gasteiger partial charge in [-0.25, -0.2) is 0 Å². The maximum absolute atomic E-state index is 12.8. The highest BCUT2D eigenvalue weighted by Crippen LogP contribution is 2.43. The summed E-state index contributed by atoms with van der Waals surface area (Å²) in [4.78, 5) is 12.8. The summed E-state index contributed by atoms with van der Waals surface area (Å²) in [6.07, 6.45) is 8.93. The molecule has 1 fully saturated rings. The Kier molecular flexibility index (Phi) is 7.44. The average molecular weight is 453 g/mol. The summed E-state index contributed by atoms with van der Waals surface area (Å²) in [5.74, 6) is -0.157. The number of carbonyl (C=O) groups is 1. The third-order valence-electron chi connectivity index (χ3n) is 6.48. The van der Waals surface area contributed by atoms with Gasteiger partial charge in [0, 0.05) is 6.42 Å². The predicted octanol–water partition coefficient (Wildman–Crippen LogP) is 6.84. The number of allylic oxidation sites excluding steroid dienone is 4. The van der Waals surface area contributed by atoms with Gasteiger partial charge in [0.05, 0.1) is 12.0 Å². The Hall–Kier alpha value is -3.43. The average Bonchev–Trinajstić information content (AvgIpc) is 3.17. The van der Waals surface area contributed by atoms with E-state index in [1.54, 1.807) is 0 Å². The molecule has 0 aromatic heterocycles. The Morgan fingerprint density at radius 1 is 0.882 bits per heavy atom. The third kappa shape index (κ3) is 4.90. The van der Waals surface area contributed by atoms with E-state index in [1.807, 2.05) is 92.7 Å². The summed E-state index contributed by atoms with van der Waals surface area (Å²) in [6.45, 7) is 4.26. The van der Waals surface area contributed by atoms with Crippen molar-refractivity contribution in [1.29, 1.82) is 0 Å². The molecule has 0 amide bonds. The molecule has 3 aromatic rings. The lowest BCUT2D eigenvalue weighted by Gasteiger charge is -2.36. The Balaban J connectivity index is 1.66. The van der Waals surface area contributed by atoms with Crippen molar-refractivity contribution in [2.45, 2.75) is 38.4 Å². The quantitative estimate of drug-likeness (QED) is 0.203. The van der Waals surface area contributed by atoms with E-state index in [9.17, 15) is 4.79 Å². The van der Waals surface area contributed by atoms with E-state index in [4.69, 9.17) is 9.47 Å². The van der Waals surface area contributed by atoms with Crippen molar-refractivity contribution in [2.75, 3.05) is 6.61 Å². The Bertz CT molecular complexity index is 1020. The largest absolute Gasteiger partial charge is 0.459 e. The van der Waals surface area contributed by atoms with Gasteiger partial charge in [0.2, 0.25) is 0 Å². The number of hydrogen-bond acceptors (Lipinski definition) is 3. The fraction of sp³-hybridized carbons (Fsp3) is 0.258. The van der Waals surface area contributed by atoms with E-state index in [0.29, 0.717) is 19.4 Å². The van der Waals surface area contributed by atoms with Gasteiger partial charge in [-0.05, 0) is 37.0 Å². The lowest BCUT2D eigenvalue weighted by Crippen LogP contribution is -2.35. The Morgan fingerprint density at radius 3 is 1.85 bits per heavy atom. The first-order valence-corrected chi connectivity index (χ1v) is 11.9. The van der Waals surface area contributed by atoms with Gasteiger partial charge in [0.15, 0.2) is 0 Å². The molecule has 0 bridgehead atoms. The van der Waals surface area contributed by atoms with Gasteiger partial charge >= 0.3 is 5.97 Å². The minimum atomic E-state index is -0.818. The minimum Gasteiger partial charge on any atom is -0.459 e. The zero-order valence-corrected chi connectivity index (χ0v) is 19.9. The first kappa shape index (κ1) is 23.7. The van der Waals surface area contributed by atoms with Crippen LogP contribution < -0.4 is 0 Å². The van der Waals surface area contributed by atoms with Crippen molar-refractivity contribution in [3.8, 4) is 0 Å².